The lowest BCUT2D eigenvalue weighted by atomic mass is 10.1. The summed E-state index contributed by atoms with van der Waals surface area (Å²) in [5.41, 5.74) is 3.20. The third-order valence-corrected chi connectivity index (χ3v) is 2.16. The largest absolute Gasteiger partial charge is 0.480 e. The Labute approximate surface area is 83.8 Å². The normalized spacial score (nSPS) is 9.86. The molecule has 0 amide bonds. The molecule has 0 aliphatic heterocycles. The van der Waals surface area contributed by atoms with E-state index in [-0.39, 0.29) is 6.54 Å². The Kier molecular flexibility index (Phi) is 3.51. The van der Waals surface area contributed by atoms with E-state index in [9.17, 15) is 4.79 Å². The molecule has 14 heavy (non-hydrogen) atoms. The summed E-state index contributed by atoms with van der Waals surface area (Å²) >= 11 is 0. The Morgan fingerprint density at radius 2 is 2.21 bits per heavy atom. The van der Waals surface area contributed by atoms with Crippen molar-refractivity contribution in [3.8, 4) is 0 Å². The number of carbonyl (C=O) groups is 1. The number of benzene rings is 1. The zero-order valence-corrected chi connectivity index (χ0v) is 8.50. The summed E-state index contributed by atoms with van der Waals surface area (Å²) in [5.74, 6) is -0.838. The number of aliphatic carboxylic acids is 1. The van der Waals surface area contributed by atoms with Crippen molar-refractivity contribution < 1.29 is 9.90 Å². The first-order chi connectivity index (χ1) is 6.65. The molecule has 0 saturated heterocycles. The van der Waals surface area contributed by atoms with E-state index in [1.807, 2.05) is 25.1 Å². The van der Waals surface area contributed by atoms with E-state index < -0.39 is 5.97 Å². The smallest absolute Gasteiger partial charge is 0.322 e. The van der Waals surface area contributed by atoms with Gasteiger partial charge < -0.3 is 10.4 Å². The summed E-state index contributed by atoms with van der Waals surface area (Å²) in [6, 6.07) is 5.97. The lowest BCUT2D eigenvalue weighted by Gasteiger charge is -2.11. The van der Waals surface area contributed by atoms with E-state index in [2.05, 4.69) is 12.2 Å². The van der Waals surface area contributed by atoms with Gasteiger partial charge in [-0.25, -0.2) is 0 Å². The molecule has 0 aromatic heterocycles. The highest BCUT2D eigenvalue weighted by atomic mass is 16.4. The number of rotatable bonds is 4. The van der Waals surface area contributed by atoms with Gasteiger partial charge in [0.05, 0.1) is 0 Å². The van der Waals surface area contributed by atoms with E-state index in [0.29, 0.717) is 0 Å². The van der Waals surface area contributed by atoms with Crippen LogP contribution in [0.4, 0.5) is 5.69 Å². The van der Waals surface area contributed by atoms with Gasteiger partial charge in [0.1, 0.15) is 6.54 Å². The van der Waals surface area contributed by atoms with Crippen LogP contribution in [0.15, 0.2) is 18.2 Å². The summed E-state index contributed by atoms with van der Waals surface area (Å²) in [6.45, 7) is 4.00. The fraction of sp³-hybridized carbons (Fsp3) is 0.364. The van der Waals surface area contributed by atoms with Crippen LogP contribution in [-0.4, -0.2) is 17.6 Å². The van der Waals surface area contributed by atoms with Crippen LogP contribution in [0.5, 0.6) is 0 Å². The molecule has 1 rings (SSSR count). The van der Waals surface area contributed by atoms with Gasteiger partial charge in [-0.1, -0.05) is 25.1 Å². The minimum atomic E-state index is -0.838. The third-order valence-electron chi connectivity index (χ3n) is 2.16. The Morgan fingerprint density at radius 1 is 1.50 bits per heavy atom. The molecule has 0 unspecified atom stereocenters. The van der Waals surface area contributed by atoms with Gasteiger partial charge in [0.2, 0.25) is 0 Å². The number of carboxylic acid groups (broad SMARTS) is 1. The predicted molar refractivity (Wildman–Crippen MR) is 56.7 cm³/mol. The molecule has 0 aliphatic rings. The molecule has 0 aliphatic carbocycles. The van der Waals surface area contributed by atoms with Crippen molar-refractivity contribution in [1.82, 2.24) is 0 Å². The molecule has 3 nitrogen and oxygen atoms in total. The quantitative estimate of drug-likeness (QED) is 0.769. The number of anilines is 1. The number of hydrogen-bond donors (Lipinski definition) is 2. The van der Waals surface area contributed by atoms with Crippen LogP contribution in [0, 0.1) is 6.92 Å². The third kappa shape index (κ3) is 2.49. The standard InChI is InChI=1S/C11H15NO2/c1-3-9-6-4-5-8(2)11(9)12-7-10(13)14/h4-6,12H,3,7H2,1-2H3,(H,13,14). The minimum absolute atomic E-state index is 0.0299. The molecule has 0 fully saturated rings. The Morgan fingerprint density at radius 3 is 2.79 bits per heavy atom. The molecule has 0 saturated carbocycles. The van der Waals surface area contributed by atoms with E-state index in [1.54, 1.807) is 0 Å². The highest BCUT2D eigenvalue weighted by Gasteiger charge is 2.04. The molecule has 0 heterocycles. The lowest BCUT2D eigenvalue weighted by Crippen LogP contribution is -2.14. The highest BCUT2D eigenvalue weighted by Crippen LogP contribution is 2.20. The molecule has 3 heteroatoms. The van der Waals surface area contributed by atoms with E-state index >= 15 is 0 Å². The highest BCUT2D eigenvalue weighted by molar-refractivity contribution is 5.74. The summed E-state index contributed by atoms with van der Waals surface area (Å²) in [6.07, 6.45) is 0.906. The molecule has 0 radical (unpaired) electrons. The van der Waals surface area contributed by atoms with Crippen molar-refractivity contribution in [3.63, 3.8) is 0 Å². The number of para-hydroxylation sites is 1. The molecular weight excluding hydrogens is 178 g/mol. The summed E-state index contributed by atoms with van der Waals surface area (Å²) in [4.78, 5) is 10.4. The maximum Gasteiger partial charge on any atom is 0.322 e. The molecule has 1 aromatic rings. The zero-order chi connectivity index (χ0) is 10.6. The van der Waals surface area contributed by atoms with Crippen molar-refractivity contribution in [3.05, 3.63) is 29.3 Å². The van der Waals surface area contributed by atoms with Gasteiger partial charge in [0.15, 0.2) is 0 Å². The first kappa shape index (κ1) is 10.6. The number of carboxylic acids is 1. The van der Waals surface area contributed by atoms with Gasteiger partial charge in [-0.3, -0.25) is 4.79 Å². The van der Waals surface area contributed by atoms with Gasteiger partial charge in [-0.05, 0) is 24.5 Å². The topological polar surface area (TPSA) is 49.3 Å². The van der Waals surface area contributed by atoms with E-state index in [1.165, 1.54) is 0 Å². The van der Waals surface area contributed by atoms with Gasteiger partial charge >= 0.3 is 5.97 Å². The number of nitrogens with one attached hydrogen (secondary N) is 1. The SMILES string of the molecule is CCc1cccc(C)c1NCC(=O)O. The van der Waals surface area contributed by atoms with Crippen LogP contribution in [0.1, 0.15) is 18.1 Å². The average molecular weight is 193 g/mol. The van der Waals surface area contributed by atoms with Crippen molar-refractivity contribution in [2.75, 3.05) is 11.9 Å². The average Bonchev–Trinajstić information content (AvgIpc) is 2.15. The Bertz CT molecular complexity index is 334. The van der Waals surface area contributed by atoms with Crippen LogP contribution in [0.25, 0.3) is 0 Å². The lowest BCUT2D eigenvalue weighted by molar-refractivity contribution is -0.134. The Hall–Kier alpha value is -1.51. The molecule has 2 N–H and O–H groups in total. The maximum absolute atomic E-state index is 10.4. The molecule has 0 spiro atoms. The Balaban J connectivity index is 2.87. The van der Waals surface area contributed by atoms with Crippen LogP contribution >= 0.6 is 0 Å². The van der Waals surface area contributed by atoms with Crippen LogP contribution < -0.4 is 5.32 Å². The predicted octanol–water partition coefficient (Wildman–Crippen LogP) is 2.05. The van der Waals surface area contributed by atoms with Crippen LogP contribution in [0.3, 0.4) is 0 Å². The van der Waals surface area contributed by atoms with Crippen LogP contribution in [-0.2, 0) is 11.2 Å². The van der Waals surface area contributed by atoms with E-state index in [4.69, 9.17) is 5.11 Å². The van der Waals surface area contributed by atoms with Gasteiger partial charge in [0, 0.05) is 5.69 Å². The second-order valence-electron chi connectivity index (χ2n) is 3.21. The molecule has 76 valence electrons. The summed E-state index contributed by atoms with van der Waals surface area (Å²) in [5, 5.41) is 11.5. The minimum Gasteiger partial charge on any atom is -0.480 e. The maximum atomic E-state index is 10.4. The molecule has 0 bridgehead atoms. The van der Waals surface area contributed by atoms with Crippen molar-refractivity contribution in [1.29, 1.82) is 0 Å². The molecule has 1 aromatic carbocycles. The van der Waals surface area contributed by atoms with Crippen molar-refractivity contribution >= 4 is 11.7 Å². The fourth-order valence-corrected chi connectivity index (χ4v) is 1.44. The molecular formula is C11H15NO2. The zero-order valence-electron chi connectivity index (χ0n) is 8.50. The van der Waals surface area contributed by atoms with Gasteiger partial charge in [-0.2, -0.15) is 0 Å². The second-order valence-corrected chi connectivity index (χ2v) is 3.21. The van der Waals surface area contributed by atoms with Gasteiger partial charge in [0.25, 0.3) is 0 Å². The van der Waals surface area contributed by atoms with Crippen molar-refractivity contribution in [2.45, 2.75) is 20.3 Å². The van der Waals surface area contributed by atoms with Gasteiger partial charge in [-0.15, -0.1) is 0 Å². The summed E-state index contributed by atoms with van der Waals surface area (Å²) in [7, 11) is 0. The first-order valence-electron chi connectivity index (χ1n) is 4.69. The molecule has 0 atom stereocenters. The number of aryl methyl sites for hydroxylation is 2. The number of hydrogen-bond acceptors (Lipinski definition) is 2. The van der Waals surface area contributed by atoms with Crippen molar-refractivity contribution in [2.24, 2.45) is 0 Å². The monoisotopic (exact) mass is 193 g/mol. The summed E-state index contributed by atoms with van der Waals surface area (Å²) < 4.78 is 0. The fourth-order valence-electron chi connectivity index (χ4n) is 1.44. The second kappa shape index (κ2) is 4.65. The van der Waals surface area contributed by atoms with Crippen LogP contribution in [0.2, 0.25) is 0 Å². The van der Waals surface area contributed by atoms with E-state index in [0.717, 1.165) is 23.2 Å². The first-order valence-corrected chi connectivity index (χ1v) is 4.69.